The third kappa shape index (κ3) is 2.17. The van der Waals surface area contributed by atoms with Gasteiger partial charge in [-0.15, -0.1) is 0 Å². The Morgan fingerprint density at radius 3 is 2.80 bits per heavy atom. The fourth-order valence-electron chi connectivity index (χ4n) is 2.52. The number of phenolic OH excluding ortho intramolecular Hbond substituents is 1. The molecule has 0 amide bonds. The molecule has 15 heavy (non-hydrogen) atoms. The second kappa shape index (κ2) is 4.69. The lowest BCUT2D eigenvalue weighted by Gasteiger charge is -2.20. The van der Waals surface area contributed by atoms with Crippen LogP contribution in [0.4, 0.5) is 0 Å². The molecule has 0 radical (unpaired) electrons. The molecule has 1 aliphatic rings. The first kappa shape index (κ1) is 10.5. The highest BCUT2D eigenvalue weighted by Gasteiger charge is 2.15. The highest BCUT2D eigenvalue weighted by Crippen LogP contribution is 2.31. The molecule has 0 bridgehead atoms. The summed E-state index contributed by atoms with van der Waals surface area (Å²) in [6, 6.07) is 3.99. The number of unbranched alkanes of at least 4 members (excludes halogenated alkanes) is 1. The van der Waals surface area contributed by atoms with Gasteiger partial charge in [0.05, 0.1) is 0 Å². The van der Waals surface area contributed by atoms with Crippen LogP contribution in [0.1, 0.15) is 49.3 Å². The molecule has 82 valence electrons. The van der Waals surface area contributed by atoms with Gasteiger partial charge in [-0.05, 0) is 61.3 Å². The lowest BCUT2D eigenvalue weighted by molar-refractivity contribution is 0.464. The van der Waals surface area contributed by atoms with Crippen molar-refractivity contribution in [3.63, 3.8) is 0 Å². The Bertz CT molecular complexity index is 341. The molecule has 0 atom stereocenters. The summed E-state index contributed by atoms with van der Waals surface area (Å²) in [5.41, 5.74) is 4.16. The van der Waals surface area contributed by atoms with Crippen LogP contribution in [-0.2, 0) is 19.3 Å². The van der Waals surface area contributed by atoms with Gasteiger partial charge < -0.3 is 5.11 Å². The maximum atomic E-state index is 9.89. The molecule has 0 heterocycles. The summed E-state index contributed by atoms with van der Waals surface area (Å²) in [6.45, 7) is 2.20. The van der Waals surface area contributed by atoms with Crippen LogP contribution < -0.4 is 0 Å². The summed E-state index contributed by atoms with van der Waals surface area (Å²) in [5.74, 6) is 0.518. The van der Waals surface area contributed by atoms with Gasteiger partial charge in [-0.25, -0.2) is 0 Å². The van der Waals surface area contributed by atoms with Gasteiger partial charge in [0.2, 0.25) is 0 Å². The minimum absolute atomic E-state index is 0.518. The Morgan fingerprint density at radius 1 is 1.20 bits per heavy atom. The van der Waals surface area contributed by atoms with Crippen LogP contribution in [0.5, 0.6) is 5.75 Å². The smallest absolute Gasteiger partial charge is 0.119 e. The fraction of sp³-hybridized carbons (Fsp3) is 0.571. The van der Waals surface area contributed by atoms with Crippen molar-refractivity contribution in [2.75, 3.05) is 0 Å². The van der Waals surface area contributed by atoms with E-state index >= 15 is 0 Å². The van der Waals surface area contributed by atoms with Gasteiger partial charge in [-0.2, -0.15) is 0 Å². The van der Waals surface area contributed by atoms with Crippen LogP contribution in [0.25, 0.3) is 0 Å². The van der Waals surface area contributed by atoms with Gasteiger partial charge in [-0.3, -0.25) is 0 Å². The van der Waals surface area contributed by atoms with E-state index in [1.54, 1.807) is 0 Å². The molecule has 2 rings (SSSR count). The van der Waals surface area contributed by atoms with Gasteiger partial charge >= 0.3 is 0 Å². The first-order valence-corrected chi connectivity index (χ1v) is 6.15. The molecule has 0 spiro atoms. The van der Waals surface area contributed by atoms with Crippen LogP contribution in [0.15, 0.2) is 12.1 Å². The molecule has 0 unspecified atom stereocenters. The standard InChI is InChI=1S/C14H20O/c1-2-3-7-13-12-8-5-4-6-11(12)9-10-14(13)15/h9-10,15H,2-8H2,1H3. The zero-order chi connectivity index (χ0) is 10.7. The molecular weight excluding hydrogens is 184 g/mol. The van der Waals surface area contributed by atoms with E-state index in [-0.39, 0.29) is 0 Å². The average Bonchev–Trinajstić information content (AvgIpc) is 2.28. The summed E-state index contributed by atoms with van der Waals surface area (Å²) in [7, 11) is 0. The van der Waals surface area contributed by atoms with Gasteiger partial charge in [-0.1, -0.05) is 19.4 Å². The van der Waals surface area contributed by atoms with Crippen molar-refractivity contribution in [1.29, 1.82) is 0 Å². The van der Waals surface area contributed by atoms with Crippen LogP contribution in [0, 0.1) is 0 Å². The van der Waals surface area contributed by atoms with Crippen molar-refractivity contribution in [3.05, 3.63) is 28.8 Å². The summed E-state index contributed by atoms with van der Waals surface area (Å²) in [6.07, 6.45) is 8.40. The minimum atomic E-state index is 0.518. The van der Waals surface area contributed by atoms with Crippen LogP contribution in [0.3, 0.4) is 0 Å². The molecule has 1 nitrogen and oxygen atoms in total. The third-order valence-corrected chi connectivity index (χ3v) is 3.41. The zero-order valence-electron chi connectivity index (χ0n) is 9.55. The number of rotatable bonds is 3. The van der Waals surface area contributed by atoms with E-state index in [1.807, 2.05) is 6.07 Å². The van der Waals surface area contributed by atoms with Crippen molar-refractivity contribution in [3.8, 4) is 5.75 Å². The molecule has 0 saturated heterocycles. The van der Waals surface area contributed by atoms with E-state index in [2.05, 4.69) is 13.0 Å². The quantitative estimate of drug-likeness (QED) is 0.797. The van der Waals surface area contributed by atoms with Crippen LogP contribution in [0.2, 0.25) is 0 Å². The molecule has 1 aromatic rings. The summed E-state index contributed by atoms with van der Waals surface area (Å²) in [4.78, 5) is 0. The zero-order valence-corrected chi connectivity index (χ0v) is 9.55. The molecule has 1 aliphatic carbocycles. The van der Waals surface area contributed by atoms with Crippen molar-refractivity contribution < 1.29 is 5.11 Å². The Labute approximate surface area is 92.1 Å². The summed E-state index contributed by atoms with van der Waals surface area (Å²) >= 11 is 0. The topological polar surface area (TPSA) is 20.2 Å². The first-order chi connectivity index (χ1) is 7.33. The normalized spacial score (nSPS) is 15.0. The van der Waals surface area contributed by atoms with Crippen LogP contribution in [-0.4, -0.2) is 5.11 Å². The highest BCUT2D eigenvalue weighted by molar-refractivity contribution is 5.45. The van der Waals surface area contributed by atoms with Gasteiger partial charge in [0.15, 0.2) is 0 Å². The van der Waals surface area contributed by atoms with Crippen molar-refractivity contribution in [2.24, 2.45) is 0 Å². The van der Waals surface area contributed by atoms with E-state index < -0.39 is 0 Å². The van der Waals surface area contributed by atoms with E-state index in [0.717, 1.165) is 6.42 Å². The van der Waals surface area contributed by atoms with Gasteiger partial charge in [0.1, 0.15) is 5.75 Å². The Hall–Kier alpha value is -0.980. The maximum absolute atomic E-state index is 9.89. The Balaban J connectivity index is 2.32. The molecule has 1 heteroatoms. The number of hydrogen-bond donors (Lipinski definition) is 1. The van der Waals surface area contributed by atoms with E-state index in [0.29, 0.717) is 5.75 Å². The Kier molecular flexibility index (Phi) is 3.30. The van der Waals surface area contributed by atoms with E-state index in [1.165, 1.54) is 55.2 Å². The number of fused-ring (bicyclic) bond motifs is 1. The highest BCUT2D eigenvalue weighted by atomic mass is 16.3. The van der Waals surface area contributed by atoms with Crippen molar-refractivity contribution in [2.45, 2.75) is 51.9 Å². The van der Waals surface area contributed by atoms with Crippen LogP contribution >= 0.6 is 0 Å². The molecule has 0 aromatic heterocycles. The first-order valence-electron chi connectivity index (χ1n) is 6.15. The monoisotopic (exact) mass is 204 g/mol. The fourth-order valence-corrected chi connectivity index (χ4v) is 2.52. The van der Waals surface area contributed by atoms with Gasteiger partial charge in [0, 0.05) is 0 Å². The van der Waals surface area contributed by atoms with Gasteiger partial charge in [0.25, 0.3) is 0 Å². The molecule has 1 aromatic carbocycles. The SMILES string of the molecule is CCCCc1c(O)ccc2c1CCCC2. The summed E-state index contributed by atoms with van der Waals surface area (Å²) in [5, 5.41) is 9.89. The molecule has 1 N–H and O–H groups in total. The van der Waals surface area contributed by atoms with E-state index in [9.17, 15) is 5.11 Å². The second-order valence-electron chi connectivity index (χ2n) is 4.51. The number of phenols is 1. The molecule has 0 aliphatic heterocycles. The number of hydrogen-bond acceptors (Lipinski definition) is 1. The second-order valence-corrected chi connectivity index (χ2v) is 4.51. The number of benzene rings is 1. The molecular formula is C14H20O. The minimum Gasteiger partial charge on any atom is -0.508 e. The van der Waals surface area contributed by atoms with Crippen molar-refractivity contribution in [1.82, 2.24) is 0 Å². The maximum Gasteiger partial charge on any atom is 0.119 e. The Morgan fingerprint density at radius 2 is 2.00 bits per heavy atom. The predicted molar refractivity (Wildman–Crippen MR) is 63.4 cm³/mol. The molecule has 0 saturated carbocycles. The lowest BCUT2D eigenvalue weighted by Crippen LogP contribution is -2.06. The number of aromatic hydroxyl groups is 1. The van der Waals surface area contributed by atoms with E-state index in [4.69, 9.17) is 0 Å². The lowest BCUT2D eigenvalue weighted by atomic mass is 9.86. The summed E-state index contributed by atoms with van der Waals surface area (Å²) < 4.78 is 0. The molecule has 0 fully saturated rings. The average molecular weight is 204 g/mol. The predicted octanol–water partition coefficient (Wildman–Crippen LogP) is 3.61. The third-order valence-electron chi connectivity index (χ3n) is 3.41. The number of aryl methyl sites for hydroxylation is 1. The largest absolute Gasteiger partial charge is 0.508 e. The van der Waals surface area contributed by atoms with Crippen molar-refractivity contribution >= 4 is 0 Å².